The van der Waals surface area contributed by atoms with E-state index >= 15 is 0 Å². The summed E-state index contributed by atoms with van der Waals surface area (Å²) in [5.41, 5.74) is 5.47. The van der Waals surface area contributed by atoms with Crippen LogP contribution in [0.3, 0.4) is 0 Å². The minimum Gasteiger partial charge on any atom is -0.398 e. The molecule has 0 unspecified atom stereocenters. The van der Waals surface area contributed by atoms with E-state index in [4.69, 9.17) is 5.73 Å². The molecule has 6 heteroatoms. The summed E-state index contributed by atoms with van der Waals surface area (Å²) in [6.07, 6.45) is -4.41. The van der Waals surface area contributed by atoms with E-state index in [1.54, 1.807) is 18.2 Å². The van der Waals surface area contributed by atoms with Gasteiger partial charge in [0.05, 0.1) is 4.47 Å². The van der Waals surface area contributed by atoms with E-state index in [0.29, 0.717) is 16.6 Å². The zero-order valence-electron chi connectivity index (χ0n) is 7.32. The Kier molecular flexibility index (Phi) is 2.18. The van der Waals surface area contributed by atoms with Crippen molar-refractivity contribution in [3.05, 3.63) is 28.4 Å². The Labute approximate surface area is 91.4 Å². The number of aromatic amines is 1. The molecule has 0 fully saturated rings. The Bertz CT molecular complexity index is 516. The summed E-state index contributed by atoms with van der Waals surface area (Å²) in [5.74, 6) is 0. The molecule has 80 valence electrons. The first-order valence-electron chi connectivity index (χ1n) is 4.04. The first-order chi connectivity index (χ1) is 6.91. The monoisotopic (exact) mass is 278 g/mol. The molecule has 0 aliphatic rings. The van der Waals surface area contributed by atoms with Crippen LogP contribution >= 0.6 is 15.9 Å². The van der Waals surface area contributed by atoms with Crippen LogP contribution in [0.15, 0.2) is 22.7 Å². The van der Waals surface area contributed by atoms with E-state index < -0.39 is 11.9 Å². The third-order valence-corrected chi connectivity index (χ3v) is 2.87. The van der Waals surface area contributed by atoms with E-state index in [-0.39, 0.29) is 4.47 Å². The molecule has 15 heavy (non-hydrogen) atoms. The van der Waals surface area contributed by atoms with Crippen molar-refractivity contribution in [1.82, 2.24) is 4.98 Å². The van der Waals surface area contributed by atoms with Crippen LogP contribution in [0.1, 0.15) is 5.69 Å². The number of fused-ring (bicyclic) bond motifs is 1. The summed E-state index contributed by atoms with van der Waals surface area (Å²) in [5, 5.41) is 0.366. The van der Waals surface area contributed by atoms with Crippen molar-refractivity contribution in [2.75, 3.05) is 5.73 Å². The number of rotatable bonds is 0. The van der Waals surface area contributed by atoms with E-state index in [1.807, 2.05) is 0 Å². The number of nitrogens with two attached hydrogens (primary N) is 1. The number of H-pyrrole nitrogens is 1. The van der Waals surface area contributed by atoms with Crippen molar-refractivity contribution >= 4 is 32.5 Å². The quantitative estimate of drug-likeness (QED) is 0.712. The molecule has 2 aromatic rings. The molecule has 0 saturated carbocycles. The Hall–Kier alpha value is -1.17. The summed E-state index contributed by atoms with van der Waals surface area (Å²) < 4.78 is 37.5. The second-order valence-corrected chi connectivity index (χ2v) is 3.87. The number of halogens is 4. The molecular formula is C9H6BrF3N2. The first-order valence-corrected chi connectivity index (χ1v) is 4.83. The van der Waals surface area contributed by atoms with Gasteiger partial charge < -0.3 is 10.7 Å². The Morgan fingerprint density at radius 1 is 1.27 bits per heavy atom. The molecule has 2 rings (SSSR count). The van der Waals surface area contributed by atoms with Gasteiger partial charge in [-0.2, -0.15) is 13.2 Å². The minimum absolute atomic E-state index is 0.0388. The summed E-state index contributed by atoms with van der Waals surface area (Å²) >= 11 is 2.91. The third-order valence-electron chi connectivity index (χ3n) is 2.08. The number of nitrogen functional groups attached to an aromatic ring is 1. The summed E-state index contributed by atoms with van der Waals surface area (Å²) in [6.45, 7) is 0. The standard InChI is InChI=1S/C9H6BrF3N2/c10-7-6-4(14)2-1-3-5(6)15-8(7)9(11,12)13/h1-3,15H,14H2. The van der Waals surface area contributed by atoms with Crippen molar-refractivity contribution < 1.29 is 13.2 Å². The molecule has 3 N–H and O–H groups in total. The fourth-order valence-electron chi connectivity index (χ4n) is 1.43. The molecule has 2 nitrogen and oxygen atoms in total. The van der Waals surface area contributed by atoms with Gasteiger partial charge in [0.15, 0.2) is 0 Å². The highest BCUT2D eigenvalue weighted by atomic mass is 79.9. The SMILES string of the molecule is Nc1cccc2[nH]c(C(F)(F)F)c(Br)c12. The molecule has 0 bridgehead atoms. The van der Waals surface area contributed by atoms with E-state index in [2.05, 4.69) is 20.9 Å². The molecule has 0 aliphatic heterocycles. The third kappa shape index (κ3) is 1.58. The lowest BCUT2D eigenvalue weighted by Crippen LogP contribution is -2.05. The van der Waals surface area contributed by atoms with Crippen molar-refractivity contribution in [2.45, 2.75) is 6.18 Å². The Balaban J connectivity index is 2.82. The van der Waals surface area contributed by atoms with Crippen LogP contribution in [0.25, 0.3) is 10.9 Å². The van der Waals surface area contributed by atoms with Gasteiger partial charge in [0.25, 0.3) is 0 Å². The molecule has 1 aromatic heterocycles. The van der Waals surface area contributed by atoms with Crippen molar-refractivity contribution in [3.8, 4) is 0 Å². The van der Waals surface area contributed by atoms with Crippen LogP contribution in [0.5, 0.6) is 0 Å². The maximum atomic E-state index is 12.5. The average molecular weight is 279 g/mol. The molecule has 0 aliphatic carbocycles. The van der Waals surface area contributed by atoms with E-state index in [1.165, 1.54) is 0 Å². The van der Waals surface area contributed by atoms with Gasteiger partial charge in [-0.3, -0.25) is 0 Å². The van der Waals surface area contributed by atoms with Crippen LogP contribution in [0, 0.1) is 0 Å². The molecule has 0 amide bonds. The molecule has 0 atom stereocenters. The van der Waals surface area contributed by atoms with Gasteiger partial charge in [0.1, 0.15) is 5.69 Å². The molecule has 0 spiro atoms. The molecular weight excluding hydrogens is 273 g/mol. The maximum Gasteiger partial charge on any atom is 0.432 e. The van der Waals surface area contributed by atoms with Gasteiger partial charge in [-0.05, 0) is 28.1 Å². The predicted molar refractivity (Wildman–Crippen MR) is 55.4 cm³/mol. The topological polar surface area (TPSA) is 41.8 Å². The normalized spacial score (nSPS) is 12.3. The van der Waals surface area contributed by atoms with Gasteiger partial charge in [0, 0.05) is 16.6 Å². The van der Waals surface area contributed by atoms with Crippen LogP contribution < -0.4 is 5.73 Å². The highest BCUT2D eigenvalue weighted by Gasteiger charge is 2.36. The lowest BCUT2D eigenvalue weighted by molar-refractivity contribution is -0.141. The fourth-order valence-corrected chi connectivity index (χ4v) is 2.20. The maximum absolute atomic E-state index is 12.5. The van der Waals surface area contributed by atoms with Gasteiger partial charge in [-0.15, -0.1) is 0 Å². The number of nitrogens with one attached hydrogen (secondary N) is 1. The Morgan fingerprint density at radius 2 is 1.93 bits per heavy atom. The zero-order chi connectivity index (χ0) is 11.2. The van der Waals surface area contributed by atoms with Crippen LogP contribution in [0.2, 0.25) is 0 Å². The number of alkyl halides is 3. The number of anilines is 1. The molecule has 1 heterocycles. The largest absolute Gasteiger partial charge is 0.432 e. The van der Waals surface area contributed by atoms with E-state index in [9.17, 15) is 13.2 Å². The zero-order valence-corrected chi connectivity index (χ0v) is 8.91. The van der Waals surface area contributed by atoms with Gasteiger partial charge in [-0.25, -0.2) is 0 Å². The number of aromatic nitrogens is 1. The molecule has 0 radical (unpaired) electrons. The average Bonchev–Trinajstić information content (AvgIpc) is 2.44. The smallest absolute Gasteiger partial charge is 0.398 e. The van der Waals surface area contributed by atoms with Crippen molar-refractivity contribution in [3.63, 3.8) is 0 Å². The van der Waals surface area contributed by atoms with Crippen molar-refractivity contribution in [1.29, 1.82) is 0 Å². The molecule has 1 aromatic carbocycles. The van der Waals surface area contributed by atoms with E-state index in [0.717, 1.165) is 0 Å². The Morgan fingerprint density at radius 3 is 2.47 bits per heavy atom. The predicted octanol–water partition coefficient (Wildman–Crippen LogP) is 3.53. The minimum atomic E-state index is -4.41. The summed E-state index contributed by atoms with van der Waals surface area (Å²) in [4.78, 5) is 2.29. The van der Waals surface area contributed by atoms with Crippen LogP contribution in [-0.4, -0.2) is 4.98 Å². The summed E-state index contributed by atoms with van der Waals surface area (Å²) in [6, 6.07) is 4.70. The van der Waals surface area contributed by atoms with Gasteiger partial charge in [0.2, 0.25) is 0 Å². The highest BCUT2D eigenvalue weighted by Crippen LogP contribution is 2.40. The number of hydrogen-bond donors (Lipinski definition) is 2. The van der Waals surface area contributed by atoms with Gasteiger partial charge >= 0.3 is 6.18 Å². The first kappa shape index (κ1) is 10.4. The second-order valence-electron chi connectivity index (χ2n) is 3.08. The van der Waals surface area contributed by atoms with Crippen molar-refractivity contribution in [2.24, 2.45) is 0 Å². The van der Waals surface area contributed by atoms with Crippen LogP contribution in [-0.2, 0) is 6.18 Å². The lowest BCUT2D eigenvalue weighted by atomic mass is 10.2. The van der Waals surface area contributed by atoms with Gasteiger partial charge in [-0.1, -0.05) is 6.07 Å². The van der Waals surface area contributed by atoms with Crippen LogP contribution in [0.4, 0.5) is 18.9 Å². The lowest BCUT2D eigenvalue weighted by Gasteiger charge is -2.03. The highest BCUT2D eigenvalue weighted by molar-refractivity contribution is 9.10. The number of benzene rings is 1. The number of hydrogen-bond acceptors (Lipinski definition) is 1. The second kappa shape index (κ2) is 3.16. The molecule has 0 saturated heterocycles. The fraction of sp³-hybridized carbons (Fsp3) is 0.111. The summed E-state index contributed by atoms with van der Waals surface area (Å²) in [7, 11) is 0.